The minimum absolute atomic E-state index is 0.169. The van der Waals surface area contributed by atoms with Gasteiger partial charge in [-0.3, -0.25) is 9.78 Å². The van der Waals surface area contributed by atoms with E-state index in [9.17, 15) is 9.59 Å². The zero-order valence-electron chi connectivity index (χ0n) is 8.89. The van der Waals surface area contributed by atoms with Crippen LogP contribution in [0.4, 0.5) is 0 Å². The van der Waals surface area contributed by atoms with Crippen LogP contribution in [0.15, 0.2) is 35.6 Å². The van der Waals surface area contributed by atoms with Gasteiger partial charge in [-0.25, -0.2) is 4.79 Å². The first-order valence-electron chi connectivity index (χ1n) is 4.79. The topological polar surface area (TPSA) is 79.3 Å². The molecular weight excluding hydrogens is 288 g/mol. The van der Waals surface area contributed by atoms with Crippen LogP contribution in [0.5, 0.6) is 0 Å². The van der Waals surface area contributed by atoms with Crippen LogP contribution < -0.4 is 5.32 Å². The van der Waals surface area contributed by atoms with Crippen LogP contribution in [0.2, 0.25) is 0 Å². The van der Waals surface area contributed by atoms with Gasteiger partial charge in [0.15, 0.2) is 0 Å². The maximum Gasteiger partial charge on any atom is 0.326 e. The van der Waals surface area contributed by atoms with Gasteiger partial charge >= 0.3 is 5.97 Å². The first-order valence-corrected chi connectivity index (χ1v) is 5.59. The monoisotopic (exact) mass is 298 g/mol. The summed E-state index contributed by atoms with van der Waals surface area (Å²) in [6.45, 7) is 3.44. The van der Waals surface area contributed by atoms with Gasteiger partial charge in [-0.05, 0) is 28.4 Å². The van der Waals surface area contributed by atoms with Crippen LogP contribution in [-0.4, -0.2) is 28.0 Å². The molecule has 17 heavy (non-hydrogen) atoms. The summed E-state index contributed by atoms with van der Waals surface area (Å²) in [6, 6.07) is 0.591. The number of rotatable bonds is 5. The summed E-state index contributed by atoms with van der Waals surface area (Å²) < 4.78 is 0.653. The highest BCUT2D eigenvalue weighted by Gasteiger charge is 2.19. The minimum atomic E-state index is -1.10. The second-order valence-corrected chi connectivity index (χ2v) is 4.20. The number of pyridine rings is 1. The molecule has 0 aliphatic rings. The van der Waals surface area contributed by atoms with Gasteiger partial charge in [0.2, 0.25) is 0 Å². The second-order valence-electron chi connectivity index (χ2n) is 3.28. The van der Waals surface area contributed by atoms with Crippen LogP contribution in [-0.2, 0) is 4.79 Å². The molecule has 1 unspecified atom stereocenters. The molecule has 0 saturated heterocycles. The normalized spacial score (nSPS) is 11.6. The summed E-state index contributed by atoms with van der Waals surface area (Å²) in [5.74, 6) is -1.57. The van der Waals surface area contributed by atoms with Crippen LogP contribution in [0.25, 0.3) is 0 Å². The summed E-state index contributed by atoms with van der Waals surface area (Å²) in [4.78, 5) is 26.4. The Kier molecular flexibility index (Phi) is 4.84. The Morgan fingerprint density at radius 1 is 1.59 bits per heavy atom. The third-order valence-electron chi connectivity index (χ3n) is 1.97. The van der Waals surface area contributed by atoms with Gasteiger partial charge in [0.1, 0.15) is 6.04 Å². The van der Waals surface area contributed by atoms with Crippen molar-refractivity contribution in [3.63, 3.8) is 0 Å². The number of carboxylic acids is 1. The van der Waals surface area contributed by atoms with Crippen molar-refractivity contribution in [3.05, 3.63) is 41.2 Å². The Hall–Kier alpha value is -1.69. The van der Waals surface area contributed by atoms with Gasteiger partial charge in [0, 0.05) is 16.9 Å². The molecule has 5 nitrogen and oxygen atoms in total. The smallest absolute Gasteiger partial charge is 0.326 e. The summed E-state index contributed by atoms with van der Waals surface area (Å²) in [6.07, 6.45) is 4.52. The molecule has 0 fully saturated rings. The Balaban J connectivity index is 2.77. The molecule has 0 saturated carbocycles. The lowest BCUT2D eigenvalue weighted by Gasteiger charge is -2.12. The van der Waals surface area contributed by atoms with E-state index in [1.807, 2.05) is 0 Å². The van der Waals surface area contributed by atoms with Gasteiger partial charge < -0.3 is 10.4 Å². The van der Waals surface area contributed by atoms with Crippen molar-refractivity contribution in [2.45, 2.75) is 12.5 Å². The first-order chi connectivity index (χ1) is 8.04. The standard InChI is InChI=1S/C11H11BrN2O3/c1-2-3-9(11(16)17)14-10(15)7-4-8(12)6-13-5-7/h2,4-6,9H,1,3H2,(H,14,15)(H,16,17). The number of carboxylic acid groups (broad SMARTS) is 1. The molecule has 2 N–H and O–H groups in total. The number of amides is 1. The summed E-state index contributed by atoms with van der Waals surface area (Å²) in [5.41, 5.74) is 0.301. The predicted molar refractivity (Wildman–Crippen MR) is 65.6 cm³/mol. The fourth-order valence-electron chi connectivity index (χ4n) is 1.17. The Morgan fingerprint density at radius 3 is 2.82 bits per heavy atom. The molecule has 0 bridgehead atoms. The number of halogens is 1. The van der Waals surface area contributed by atoms with Crippen molar-refractivity contribution < 1.29 is 14.7 Å². The van der Waals surface area contributed by atoms with E-state index in [1.165, 1.54) is 18.5 Å². The van der Waals surface area contributed by atoms with Crippen LogP contribution >= 0.6 is 15.9 Å². The number of carbonyl (C=O) groups is 2. The van der Waals surface area contributed by atoms with Gasteiger partial charge in [-0.1, -0.05) is 6.08 Å². The number of aliphatic carboxylic acids is 1. The zero-order chi connectivity index (χ0) is 12.8. The van der Waals surface area contributed by atoms with Crippen molar-refractivity contribution >= 4 is 27.8 Å². The first kappa shape index (κ1) is 13.4. The molecule has 1 atom stereocenters. The quantitative estimate of drug-likeness (QED) is 0.809. The number of hydrogen-bond acceptors (Lipinski definition) is 3. The Morgan fingerprint density at radius 2 is 2.29 bits per heavy atom. The van der Waals surface area contributed by atoms with E-state index >= 15 is 0 Å². The summed E-state index contributed by atoms with van der Waals surface area (Å²) >= 11 is 3.18. The number of nitrogens with zero attached hydrogens (tertiary/aromatic N) is 1. The highest BCUT2D eigenvalue weighted by Crippen LogP contribution is 2.09. The molecule has 1 aromatic heterocycles. The van der Waals surface area contributed by atoms with Gasteiger partial charge in [-0.2, -0.15) is 0 Å². The maximum atomic E-state index is 11.7. The molecular formula is C11H11BrN2O3. The minimum Gasteiger partial charge on any atom is -0.480 e. The third kappa shape index (κ3) is 3.99. The Labute approximate surface area is 107 Å². The highest BCUT2D eigenvalue weighted by molar-refractivity contribution is 9.10. The average molecular weight is 299 g/mol. The van der Waals surface area contributed by atoms with E-state index in [0.29, 0.717) is 10.0 Å². The zero-order valence-corrected chi connectivity index (χ0v) is 10.5. The molecule has 1 amide bonds. The van der Waals surface area contributed by atoms with Gasteiger partial charge in [0.05, 0.1) is 5.56 Å². The summed E-state index contributed by atoms with van der Waals surface area (Å²) in [7, 11) is 0. The van der Waals surface area contributed by atoms with Gasteiger partial charge in [0.25, 0.3) is 5.91 Å². The number of nitrogens with one attached hydrogen (secondary N) is 1. The lowest BCUT2D eigenvalue weighted by atomic mass is 10.2. The highest BCUT2D eigenvalue weighted by atomic mass is 79.9. The predicted octanol–water partition coefficient (Wildman–Crippen LogP) is 1.60. The second kappa shape index (κ2) is 6.15. The van der Waals surface area contributed by atoms with Gasteiger partial charge in [-0.15, -0.1) is 6.58 Å². The largest absolute Gasteiger partial charge is 0.480 e. The lowest BCUT2D eigenvalue weighted by molar-refractivity contribution is -0.139. The van der Waals surface area contributed by atoms with Crippen LogP contribution in [0.1, 0.15) is 16.8 Å². The molecule has 0 aromatic carbocycles. The lowest BCUT2D eigenvalue weighted by Crippen LogP contribution is -2.40. The molecule has 0 aliphatic heterocycles. The number of hydrogen-bond donors (Lipinski definition) is 2. The van der Waals surface area contributed by atoms with Crippen molar-refractivity contribution in [2.24, 2.45) is 0 Å². The molecule has 1 heterocycles. The van der Waals surface area contributed by atoms with E-state index in [1.54, 1.807) is 6.07 Å². The average Bonchev–Trinajstić information content (AvgIpc) is 2.28. The van der Waals surface area contributed by atoms with Crippen molar-refractivity contribution in [1.82, 2.24) is 10.3 Å². The molecule has 0 aliphatic carbocycles. The van der Waals surface area contributed by atoms with Crippen molar-refractivity contribution in [3.8, 4) is 0 Å². The summed E-state index contributed by atoms with van der Waals surface area (Å²) in [5, 5.41) is 11.3. The fraction of sp³-hybridized carbons (Fsp3) is 0.182. The molecule has 0 radical (unpaired) electrons. The molecule has 90 valence electrons. The molecule has 0 spiro atoms. The third-order valence-corrected chi connectivity index (χ3v) is 2.41. The van der Waals surface area contributed by atoms with Crippen LogP contribution in [0, 0.1) is 0 Å². The van der Waals surface area contributed by atoms with Crippen molar-refractivity contribution in [1.29, 1.82) is 0 Å². The van der Waals surface area contributed by atoms with E-state index in [2.05, 4.69) is 32.8 Å². The van der Waals surface area contributed by atoms with E-state index in [0.717, 1.165) is 0 Å². The van der Waals surface area contributed by atoms with E-state index < -0.39 is 17.9 Å². The Bertz CT molecular complexity index is 448. The molecule has 1 aromatic rings. The SMILES string of the molecule is C=CCC(NC(=O)c1cncc(Br)c1)C(=O)O. The number of carbonyl (C=O) groups excluding carboxylic acids is 1. The molecule has 6 heteroatoms. The van der Waals surface area contributed by atoms with E-state index in [-0.39, 0.29) is 6.42 Å². The van der Waals surface area contributed by atoms with Crippen molar-refractivity contribution in [2.75, 3.05) is 0 Å². The van der Waals surface area contributed by atoms with Crippen LogP contribution in [0.3, 0.4) is 0 Å². The fourth-order valence-corrected chi connectivity index (χ4v) is 1.53. The molecule has 1 rings (SSSR count). The number of aromatic nitrogens is 1. The van der Waals surface area contributed by atoms with E-state index in [4.69, 9.17) is 5.11 Å². The maximum absolute atomic E-state index is 11.7.